The van der Waals surface area contributed by atoms with Gasteiger partial charge in [-0.1, -0.05) is 36.9 Å². The Balaban J connectivity index is 1.56. The van der Waals surface area contributed by atoms with Gasteiger partial charge >= 0.3 is 0 Å². The summed E-state index contributed by atoms with van der Waals surface area (Å²) in [7, 11) is 1.57. The molecule has 8 nitrogen and oxygen atoms in total. The van der Waals surface area contributed by atoms with Crippen LogP contribution in [-0.2, 0) is 17.8 Å². The van der Waals surface area contributed by atoms with Gasteiger partial charge in [-0.15, -0.1) is 10.2 Å². The van der Waals surface area contributed by atoms with Crippen LogP contribution in [0.3, 0.4) is 0 Å². The van der Waals surface area contributed by atoms with Crippen molar-refractivity contribution in [3.8, 4) is 11.4 Å². The maximum absolute atomic E-state index is 13.2. The number of anilines is 1. The molecule has 10 heteroatoms. The van der Waals surface area contributed by atoms with E-state index < -0.39 is 0 Å². The third-order valence-electron chi connectivity index (χ3n) is 5.85. The normalized spacial score (nSPS) is 10.7. The highest BCUT2D eigenvalue weighted by Gasteiger charge is 2.20. The molecule has 0 aliphatic carbocycles. The molecule has 2 N–H and O–H groups in total. The minimum absolute atomic E-state index is 0.0705. The first-order valence-electron chi connectivity index (χ1n) is 12.0. The second-order valence-electron chi connectivity index (χ2n) is 8.43. The third kappa shape index (κ3) is 6.38. The van der Waals surface area contributed by atoms with Crippen molar-refractivity contribution < 1.29 is 18.7 Å². The van der Waals surface area contributed by atoms with E-state index in [1.54, 1.807) is 31.4 Å². The Hall–Kier alpha value is -4.18. The molecule has 0 fully saturated rings. The van der Waals surface area contributed by atoms with E-state index in [1.165, 1.54) is 36.0 Å². The summed E-state index contributed by atoms with van der Waals surface area (Å²) < 4.78 is 20.2. The summed E-state index contributed by atoms with van der Waals surface area (Å²) in [6, 6.07) is 18.5. The van der Waals surface area contributed by atoms with Crippen LogP contribution in [0.2, 0.25) is 0 Å². The largest absolute Gasteiger partial charge is 0.497 e. The predicted molar refractivity (Wildman–Crippen MR) is 145 cm³/mol. The molecule has 1 aromatic heterocycles. The summed E-state index contributed by atoms with van der Waals surface area (Å²) >= 11 is 1.23. The highest BCUT2D eigenvalue weighted by Crippen LogP contribution is 2.28. The fourth-order valence-corrected chi connectivity index (χ4v) is 4.68. The minimum Gasteiger partial charge on any atom is -0.497 e. The summed E-state index contributed by atoms with van der Waals surface area (Å²) in [4.78, 5) is 25.4. The average molecular weight is 534 g/mol. The second-order valence-corrected chi connectivity index (χ2v) is 9.37. The molecule has 0 atom stereocenters. The van der Waals surface area contributed by atoms with Gasteiger partial charge in [-0.2, -0.15) is 0 Å². The van der Waals surface area contributed by atoms with E-state index in [1.807, 2.05) is 29.7 Å². The lowest BCUT2D eigenvalue weighted by Gasteiger charge is -2.17. The fourth-order valence-electron chi connectivity index (χ4n) is 3.92. The Morgan fingerprint density at radius 2 is 1.76 bits per heavy atom. The van der Waals surface area contributed by atoms with Crippen molar-refractivity contribution in [1.29, 1.82) is 0 Å². The van der Waals surface area contributed by atoms with Gasteiger partial charge in [0.1, 0.15) is 11.6 Å². The van der Waals surface area contributed by atoms with E-state index >= 15 is 0 Å². The number of methoxy groups -OCH3 is 1. The lowest BCUT2D eigenvalue weighted by molar-refractivity contribution is -0.113. The van der Waals surface area contributed by atoms with Crippen molar-refractivity contribution in [3.63, 3.8) is 0 Å². The van der Waals surface area contributed by atoms with Gasteiger partial charge in [0, 0.05) is 11.3 Å². The van der Waals surface area contributed by atoms with Crippen LogP contribution < -0.4 is 15.4 Å². The molecule has 0 saturated heterocycles. The number of nitrogens with one attached hydrogen (secondary N) is 2. The minimum atomic E-state index is -0.373. The number of carbonyl (C=O) groups excluding carboxylic acids is 2. The molecule has 0 spiro atoms. The molecule has 4 aromatic rings. The number of aromatic nitrogens is 3. The summed E-state index contributed by atoms with van der Waals surface area (Å²) in [5.41, 5.74) is 4.03. The number of hydrogen-bond acceptors (Lipinski definition) is 6. The zero-order valence-corrected chi connectivity index (χ0v) is 22.1. The van der Waals surface area contributed by atoms with Crippen LogP contribution in [0.25, 0.3) is 5.69 Å². The molecule has 0 saturated carbocycles. The molecule has 4 rings (SSSR count). The monoisotopic (exact) mass is 533 g/mol. The van der Waals surface area contributed by atoms with Gasteiger partial charge in [-0.3, -0.25) is 14.2 Å². The van der Waals surface area contributed by atoms with E-state index in [0.717, 1.165) is 23.2 Å². The van der Waals surface area contributed by atoms with Crippen LogP contribution in [0.15, 0.2) is 71.9 Å². The number of thioether (sulfide) groups is 1. The molecular formula is C28H28FN5O3S. The lowest BCUT2D eigenvalue weighted by Crippen LogP contribution is -2.25. The number of rotatable bonds is 10. The molecule has 0 aliphatic heterocycles. The van der Waals surface area contributed by atoms with Gasteiger partial charge in [-0.25, -0.2) is 4.39 Å². The molecule has 3 aromatic carbocycles. The zero-order chi connectivity index (χ0) is 27.1. The SMILES string of the molecule is CCc1cccc(C)c1-n1c(CNC(=O)c2ccc(OC)cc2)nnc1SCC(=O)Nc1ccc(F)cc1. The van der Waals surface area contributed by atoms with E-state index in [2.05, 4.69) is 27.8 Å². The van der Waals surface area contributed by atoms with Gasteiger partial charge in [0.25, 0.3) is 5.91 Å². The first-order valence-corrected chi connectivity index (χ1v) is 13.0. The van der Waals surface area contributed by atoms with Crippen LogP contribution in [0.5, 0.6) is 5.75 Å². The van der Waals surface area contributed by atoms with E-state index in [9.17, 15) is 14.0 Å². The molecule has 2 amide bonds. The maximum atomic E-state index is 13.2. The predicted octanol–water partition coefficient (Wildman–Crippen LogP) is 4.95. The van der Waals surface area contributed by atoms with Crippen LogP contribution >= 0.6 is 11.8 Å². The van der Waals surface area contributed by atoms with E-state index in [4.69, 9.17) is 4.74 Å². The standard InChI is InChI=1S/C28H28FN5O3S/c1-4-19-7-5-6-18(2)26(19)34-24(16-30-27(36)20-8-14-23(37-3)15-9-20)32-33-28(34)38-17-25(35)31-22-12-10-21(29)11-13-22/h5-15H,4,16-17H2,1-3H3,(H,30,36)(H,31,35). The van der Waals surface area contributed by atoms with Crippen molar-refractivity contribution in [3.05, 3.63) is 95.1 Å². The molecule has 38 heavy (non-hydrogen) atoms. The van der Waals surface area contributed by atoms with E-state index in [-0.39, 0.29) is 29.9 Å². The van der Waals surface area contributed by atoms with Gasteiger partial charge in [0.15, 0.2) is 11.0 Å². The molecule has 1 heterocycles. The number of hydrogen-bond donors (Lipinski definition) is 2. The highest BCUT2D eigenvalue weighted by molar-refractivity contribution is 7.99. The summed E-state index contributed by atoms with van der Waals surface area (Å²) in [6.45, 7) is 4.21. The van der Waals surface area contributed by atoms with Gasteiger partial charge < -0.3 is 15.4 Å². The van der Waals surface area contributed by atoms with Gasteiger partial charge in [0.05, 0.1) is 25.1 Å². The number of aryl methyl sites for hydroxylation is 2. The fraction of sp³-hybridized carbons (Fsp3) is 0.214. The Labute approximate surface area is 224 Å². The van der Waals surface area contributed by atoms with Crippen molar-refractivity contribution in [2.24, 2.45) is 0 Å². The van der Waals surface area contributed by atoms with Crippen molar-refractivity contribution in [2.45, 2.75) is 32.0 Å². The third-order valence-corrected chi connectivity index (χ3v) is 6.77. The van der Waals surface area contributed by atoms with E-state index in [0.29, 0.717) is 28.0 Å². The number of amides is 2. The first kappa shape index (κ1) is 26.9. The highest BCUT2D eigenvalue weighted by atomic mass is 32.2. The van der Waals surface area contributed by atoms with Crippen molar-refractivity contribution in [2.75, 3.05) is 18.2 Å². The van der Waals surface area contributed by atoms with Crippen LogP contribution in [0.4, 0.5) is 10.1 Å². The first-order chi connectivity index (χ1) is 18.4. The smallest absolute Gasteiger partial charge is 0.251 e. The summed E-state index contributed by atoms with van der Waals surface area (Å²) in [6.07, 6.45) is 0.780. The molecule has 0 aliphatic rings. The van der Waals surface area contributed by atoms with Crippen molar-refractivity contribution in [1.82, 2.24) is 20.1 Å². The van der Waals surface area contributed by atoms with Crippen molar-refractivity contribution >= 4 is 29.3 Å². The number of carbonyl (C=O) groups is 2. The maximum Gasteiger partial charge on any atom is 0.251 e. The number of ether oxygens (including phenoxy) is 1. The Kier molecular flexibility index (Phi) is 8.75. The number of benzene rings is 3. The Bertz CT molecular complexity index is 1420. The molecule has 0 bridgehead atoms. The van der Waals surface area contributed by atoms with Crippen LogP contribution in [0.1, 0.15) is 34.2 Å². The zero-order valence-electron chi connectivity index (χ0n) is 21.3. The molecule has 0 radical (unpaired) electrons. The number of halogens is 1. The van der Waals surface area contributed by atoms with Gasteiger partial charge in [0.2, 0.25) is 5.91 Å². The van der Waals surface area contributed by atoms with Crippen LogP contribution in [0, 0.1) is 12.7 Å². The Morgan fingerprint density at radius 3 is 2.45 bits per heavy atom. The van der Waals surface area contributed by atoms with Gasteiger partial charge in [-0.05, 0) is 73.0 Å². The summed E-state index contributed by atoms with van der Waals surface area (Å²) in [5.74, 6) is 0.389. The summed E-state index contributed by atoms with van der Waals surface area (Å²) in [5, 5.41) is 14.9. The quantitative estimate of drug-likeness (QED) is 0.280. The lowest BCUT2D eigenvalue weighted by atomic mass is 10.1. The topological polar surface area (TPSA) is 98.1 Å². The molecular weight excluding hydrogens is 505 g/mol. The molecule has 196 valence electrons. The second kappa shape index (κ2) is 12.4. The molecule has 0 unspecified atom stereocenters. The van der Waals surface area contributed by atoms with Crippen LogP contribution in [-0.4, -0.2) is 39.4 Å². The number of para-hydroxylation sites is 1. The Morgan fingerprint density at radius 1 is 1.03 bits per heavy atom. The average Bonchev–Trinajstić information content (AvgIpc) is 3.33. The number of nitrogens with zero attached hydrogens (tertiary/aromatic N) is 3.